The van der Waals surface area contributed by atoms with Gasteiger partial charge in [-0.15, -0.1) is 0 Å². The van der Waals surface area contributed by atoms with Gasteiger partial charge in [0.25, 0.3) is 5.91 Å². The lowest BCUT2D eigenvalue weighted by atomic mass is 10.3. The second-order valence-electron chi connectivity index (χ2n) is 3.82. The number of benzene rings is 1. The second kappa shape index (κ2) is 7.68. The topological polar surface area (TPSA) is 50.4 Å². The number of ether oxygens (including phenoxy) is 1. The Labute approximate surface area is 102 Å². The van der Waals surface area contributed by atoms with Gasteiger partial charge in [0, 0.05) is 6.54 Å². The van der Waals surface area contributed by atoms with Crippen molar-refractivity contribution >= 4 is 5.91 Å². The van der Waals surface area contributed by atoms with Crippen LogP contribution in [0.1, 0.15) is 13.3 Å². The maximum absolute atomic E-state index is 11.7. The SMILES string of the molecule is CNCCCNC(=O)C(C)Oc1ccccc1. The summed E-state index contributed by atoms with van der Waals surface area (Å²) in [6.45, 7) is 3.32. The molecule has 17 heavy (non-hydrogen) atoms. The van der Waals surface area contributed by atoms with E-state index in [1.165, 1.54) is 0 Å². The lowest BCUT2D eigenvalue weighted by Gasteiger charge is -2.14. The van der Waals surface area contributed by atoms with Crippen molar-refractivity contribution in [2.45, 2.75) is 19.4 Å². The van der Waals surface area contributed by atoms with Crippen molar-refractivity contribution in [1.82, 2.24) is 10.6 Å². The molecule has 4 heteroatoms. The Morgan fingerprint density at radius 3 is 2.65 bits per heavy atom. The fourth-order valence-electron chi connectivity index (χ4n) is 1.38. The zero-order valence-corrected chi connectivity index (χ0v) is 10.4. The number of hydrogen-bond acceptors (Lipinski definition) is 3. The highest BCUT2D eigenvalue weighted by Gasteiger charge is 2.13. The molecule has 0 bridgehead atoms. The average molecular weight is 236 g/mol. The molecule has 1 amide bonds. The summed E-state index contributed by atoms with van der Waals surface area (Å²) in [7, 11) is 1.89. The number of rotatable bonds is 7. The number of hydrogen-bond donors (Lipinski definition) is 2. The van der Waals surface area contributed by atoms with E-state index in [0.717, 1.165) is 13.0 Å². The summed E-state index contributed by atoms with van der Waals surface area (Å²) >= 11 is 0. The third-order valence-electron chi connectivity index (χ3n) is 2.33. The van der Waals surface area contributed by atoms with Crippen molar-refractivity contribution in [1.29, 1.82) is 0 Å². The molecule has 0 aliphatic rings. The minimum Gasteiger partial charge on any atom is -0.481 e. The van der Waals surface area contributed by atoms with Crippen LogP contribution in [0.25, 0.3) is 0 Å². The summed E-state index contributed by atoms with van der Waals surface area (Å²) in [6, 6.07) is 9.35. The second-order valence-corrected chi connectivity index (χ2v) is 3.82. The van der Waals surface area contributed by atoms with Crippen molar-refractivity contribution in [2.75, 3.05) is 20.1 Å². The predicted octanol–water partition coefficient (Wildman–Crippen LogP) is 1.18. The van der Waals surface area contributed by atoms with Crippen molar-refractivity contribution in [2.24, 2.45) is 0 Å². The van der Waals surface area contributed by atoms with Gasteiger partial charge in [-0.05, 0) is 39.1 Å². The molecule has 1 aromatic rings. The first-order valence-corrected chi connectivity index (χ1v) is 5.88. The normalized spacial score (nSPS) is 11.9. The summed E-state index contributed by atoms with van der Waals surface area (Å²) in [6.07, 6.45) is 0.451. The van der Waals surface area contributed by atoms with E-state index in [4.69, 9.17) is 4.74 Å². The van der Waals surface area contributed by atoms with E-state index in [1.807, 2.05) is 37.4 Å². The third-order valence-corrected chi connectivity index (χ3v) is 2.33. The minimum atomic E-state index is -0.466. The number of nitrogens with one attached hydrogen (secondary N) is 2. The fraction of sp³-hybridized carbons (Fsp3) is 0.462. The molecule has 94 valence electrons. The van der Waals surface area contributed by atoms with Gasteiger partial charge in [-0.3, -0.25) is 4.79 Å². The zero-order valence-electron chi connectivity index (χ0n) is 10.4. The largest absolute Gasteiger partial charge is 0.481 e. The first-order chi connectivity index (χ1) is 8.24. The molecule has 1 aromatic carbocycles. The van der Waals surface area contributed by atoms with Gasteiger partial charge in [-0.25, -0.2) is 0 Å². The van der Waals surface area contributed by atoms with Crippen LogP contribution in [0.3, 0.4) is 0 Å². The standard InChI is InChI=1S/C13H20N2O2/c1-11(13(16)15-10-6-9-14-2)17-12-7-4-3-5-8-12/h3-5,7-8,11,14H,6,9-10H2,1-2H3,(H,15,16). The summed E-state index contributed by atoms with van der Waals surface area (Å²) in [5, 5.41) is 5.86. The molecule has 0 aliphatic carbocycles. The monoisotopic (exact) mass is 236 g/mol. The van der Waals surface area contributed by atoms with E-state index in [2.05, 4.69) is 10.6 Å². The van der Waals surface area contributed by atoms with Crippen LogP contribution in [-0.4, -0.2) is 32.1 Å². The van der Waals surface area contributed by atoms with Crippen LogP contribution >= 0.6 is 0 Å². The van der Waals surface area contributed by atoms with Crippen molar-refractivity contribution < 1.29 is 9.53 Å². The number of amides is 1. The molecule has 0 saturated carbocycles. The first-order valence-electron chi connectivity index (χ1n) is 5.88. The molecular weight excluding hydrogens is 216 g/mol. The predicted molar refractivity (Wildman–Crippen MR) is 68.1 cm³/mol. The summed E-state index contributed by atoms with van der Waals surface area (Å²) < 4.78 is 5.51. The molecule has 2 N–H and O–H groups in total. The maximum Gasteiger partial charge on any atom is 0.260 e. The van der Waals surface area contributed by atoms with Crippen molar-refractivity contribution in [3.8, 4) is 5.75 Å². The molecule has 0 spiro atoms. The van der Waals surface area contributed by atoms with Crippen LogP contribution in [0.15, 0.2) is 30.3 Å². The van der Waals surface area contributed by atoms with Crippen LogP contribution in [0.4, 0.5) is 0 Å². The molecule has 0 aliphatic heterocycles. The Kier molecular flexibility index (Phi) is 6.10. The highest BCUT2D eigenvalue weighted by atomic mass is 16.5. The van der Waals surface area contributed by atoms with Gasteiger partial charge in [-0.2, -0.15) is 0 Å². The van der Waals surface area contributed by atoms with Crippen molar-refractivity contribution in [3.63, 3.8) is 0 Å². The quantitative estimate of drug-likeness (QED) is 0.699. The molecule has 1 unspecified atom stereocenters. The average Bonchev–Trinajstić information content (AvgIpc) is 2.35. The Bertz CT molecular complexity index is 327. The first kappa shape index (κ1) is 13.5. The number of carbonyl (C=O) groups excluding carboxylic acids is 1. The highest BCUT2D eigenvalue weighted by molar-refractivity contribution is 5.80. The molecule has 0 fully saturated rings. The maximum atomic E-state index is 11.7. The molecule has 0 heterocycles. The molecular formula is C13H20N2O2. The van der Waals surface area contributed by atoms with E-state index in [1.54, 1.807) is 6.92 Å². The van der Waals surface area contributed by atoms with E-state index in [9.17, 15) is 4.79 Å². The smallest absolute Gasteiger partial charge is 0.260 e. The minimum absolute atomic E-state index is 0.0787. The summed E-state index contributed by atoms with van der Waals surface area (Å²) in [5.74, 6) is 0.635. The van der Waals surface area contributed by atoms with Crippen LogP contribution in [0.2, 0.25) is 0 Å². The van der Waals surface area contributed by atoms with E-state index in [0.29, 0.717) is 12.3 Å². The third kappa shape index (κ3) is 5.36. The number of carbonyl (C=O) groups is 1. The molecule has 0 radical (unpaired) electrons. The van der Waals surface area contributed by atoms with Crippen LogP contribution in [-0.2, 0) is 4.79 Å². The molecule has 4 nitrogen and oxygen atoms in total. The van der Waals surface area contributed by atoms with Gasteiger partial charge in [-0.1, -0.05) is 18.2 Å². The molecule has 0 saturated heterocycles. The van der Waals surface area contributed by atoms with Gasteiger partial charge in [0.2, 0.25) is 0 Å². The Morgan fingerprint density at radius 1 is 1.29 bits per heavy atom. The Morgan fingerprint density at radius 2 is 2.00 bits per heavy atom. The van der Waals surface area contributed by atoms with E-state index in [-0.39, 0.29) is 5.91 Å². The lowest BCUT2D eigenvalue weighted by Crippen LogP contribution is -2.37. The Hall–Kier alpha value is -1.55. The molecule has 0 aromatic heterocycles. The van der Waals surface area contributed by atoms with Gasteiger partial charge < -0.3 is 15.4 Å². The number of para-hydroxylation sites is 1. The Balaban J connectivity index is 2.27. The fourth-order valence-corrected chi connectivity index (χ4v) is 1.38. The summed E-state index contributed by atoms with van der Waals surface area (Å²) in [4.78, 5) is 11.7. The van der Waals surface area contributed by atoms with Gasteiger partial charge in [0.05, 0.1) is 0 Å². The zero-order chi connectivity index (χ0) is 12.5. The molecule has 1 atom stereocenters. The molecule has 1 rings (SSSR count). The van der Waals surface area contributed by atoms with Crippen molar-refractivity contribution in [3.05, 3.63) is 30.3 Å². The van der Waals surface area contributed by atoms with E-state index >= 15 is 0 Å². The van der Waals surface area contributed by atoms with E-state index < -0.39 is 6.10 Å². The van der Waals surface area contributed by atoms with Crippen LogP contribution < -0.4 is 15.4 Å². The van der Waals surface area contributed by atoms with Gasteiger partial charge >= 0.3 is 0 Å². The van der Waals surface area contributed by atoms with Crippen LogP contribution in [0, 0.1) is 0 Å². The lowest BCUT2D eigenvalue weighted by molar-refractivity contribution is -0.127. The van der Waals surface area contributed by atoms with Crippen LogP contribution in [0.5, 0.6) is 5.75 Å². The summed E-state index contributed by atoms with van der Waals surface area (Å²) in [5.41, 5.74) is 0. The highest BCUT2D eigenvalue weighted by Crippen LogP contribution is 2.10. The van der Waals surface area contributed by atoms with Gasteiger partial charge in [0.1, 0.15) is 5.75 Å². The van der Waals surface area contributed by atoms with Gasteiger partial charge in [0.15, 0.2) is 6.10 Å².